The monoisotopic (exact) mass is 400 g/mol. The molecule has 156 valence electrons. The number of carbonyl (C=O) groups excluding carboxylic acids is 2. The lowest BCUT2D eigenvalue weighted by Gasteiger charge is -2.29. The van der Waals surface area contributed by atoms with Gasteiger partial charge in [0.2, 0.25) is 0 Å². The van der Waals surface area contributed by atoms with E-state index in [1.54, 1.807) is 19.1 Å². The van der Waals surface area contributed by atoms with Crippen molar-refractivity contribution in [1.29, 1.82) is 0 Å². The maximum Gasteiger partial charge on any atom is 0.340 e. The van der Waals surface area contributed by atoms with Crippen LogP contribution >= 0.6 is 0 Å². The van der Waals surface area contributed by atoms with E-state index < -0.39 is 5.97 Å². The molecule has 0 atom stereocenters. The first-order valence-corrected chi connectivity index (χ1v) is 9.75. The van der Waals surface area contributed by atoms with Gasteiger partial charge in [0.15, 0.2) is 18.1 Å². The number of ether oxygens (including phenoxy) is 3. The molecule has 1 aliphatic rings. The highest BCUT2D eigenvalue weighted by atomic mass is 16.5. The highest BCUT2D eigenvalue weighted by Gasteiger charge is 2.24. The molecule has 0 radical (unpaired) electrons. The third-order valence-corrected chi connectivity index (χ3v) is 5.51. The summed E-state index contributed by atoms with van der Waals surface area (Å²) >= 11 is 0. The zero-order valence-corrected chi connectivity index (χ0v) is 17.7. The van der Waals surface area contributed by atoms with Gasteiger partial charge < -0.3 is 23.7 Å². The van der Waals surface area contributed by atoms with E-state index >= 15 is 0 Å². The average Bonchev–Trinajstić information content (AvgIpc) is 3.03. The van der Waals surface area contributed by atoms with Crippen molar-refractivity contribution in [3.8, 4) is 11.5 Å². The largest absolute Gasteiger partial charge is 0.493 e. The molecule has 1 aromatic carbocycles. The zero-order chi connectivity index (χ0) is 21.1. The van der Waals surface area contributed by atoms with Crippen LogP contribution in [0.1, 0.15) is 39.8 Å². The standard InChI is InChI=1S/C22H28N2O5/c1-6-24-14(2)9-18(15(24)3)22(26)29-13-21(25)23-8-7-16-10-19(27-4)20(28-5)11-17(16)12-23/h9-11H,6-8,12-13H2,1-5H3. The average molecular weight is 400 g/mol. The molecule has 0 fully saturated rings. The number of hydrogen-bond donors (Lipinski definition) is 0. The molecule has 2 heterocycles. The van der Waals surface area contributed by atoms with Gasteiger partial charge in [0, 0.05) is 31.0 Å². The number of aryl methyl sites for hydroxylation is 1. The topological polar surface area (TPSA) is 70.0 Å². The number of nitrogens with zero attached hydrogens (tertiary/aromatic N) is 2. The number of fused-ring (bicyclic) bond motifs is 1. The fraction of sp³-hybridized carbons (Fsp3) is 0.455. The van der Waals surface area contributed by atoms with Crippen LogP contribution in [0.5, 0.6) is 11.5 Å². The molecule has 2 aromatic rings. The fourth-order valence-electron chi connectivity index (χ4n) is 3.89. The number of benzene rings is 1. The summed E-state index contributed by atoms with van der Waals surface area (Å²) in [6.45, 7) is 7.41. The Kier molecular flexibility index (Phi) is 6.15. The molecule has 0 aliphatic carbocycles. The first kappa shape index (κ1) is 20.8. The van der Waals surface area contributed by atoms with E-state index in [1.807, 2.05) is 43.5 Å². The van der Waals surface area contributed by atoms with Gasteiger partial charge in [-0.2, -0.15) is 0 Å². The van der Waals surface area contributed by atoms with Gasteiger partial charge in [-0.1, -0.05) is 0 Å². The number of amides is 1. The van der Waals surface area contributed by atoms with Gasteiger partial charge in [-0.05, 0) is 56.5 Å². The third-order valence-electron chi connectivity index (χ3n) is 5.51. The minimum atomic E-state index is -0.463. The molecular formula is C22H28N2O5. The van der Waals surface area contributed by atoms with E-state index in [2.05, 4.69) is 0 Å². The van der Waals surface area contributed by atoms with E-state index in [9.17, 15) is 9.59 Å². The van der Waals surface area contributed by atoms with E-state index in [-0.39, 0.29) is 12.5 Å². The molecule has 1 aromatic heterocycles. The van der Waals surface area contributed by atoms with Gasteiger partial charge in [-0.15, -0.1) is 0 Å². The highest BCUT2D eigenvalue weighted by molar-refractivity contribution is 5.92. The van der Waals surface area contributed by atoms with Crippen LogP contribution in [0.4, 0.5) is 0 Å². The molecule has 7 nitrogen and oxygen atoms in total. The first-order chi connectivity index (χ1) is 13.9. The Morgan fingerprint density at radius 3 is 2.28 bits per heavy atom. The summed E-state index contributed by atoms with van der Waals surface area (Å²) in [6, 6.07) is 5.67. The van der Waals surface area contributed by atoms with Gasteiger partial charge in [-0.25, -0.2) is 4.79 Å². The molecule has 0 N–H and O–H groups in total. The normalized spacial score (nSPS) is 13.1. The van der Waals surface area contributed by atoms with E-state index in [0.29, 0.717) is 36.6 Å². The van der Waals surface area contributed by atoms with Gasteiger partial charge in [-0.3, -0.25) is 4.79 Å². The summed E-state index contributed by atoms with van der Waals surface area (Å²) in [4.78, 5) is 26.8. The number of rotatable bonds is 6. The van der Waals surface area contributed by atoms with Crippen molar-refractivity contribution < 1.29 is 23.8 Å². The highest BCUT2D eigenvalue weighted by Crippen LogP contribution is 2.33. The molecule has 3 rings (SSSR count). The van der Waals surface area contributed by atoms with Gasteiger partial charge in [0.05, 0.1) is 19.8 Å². The van der Waals surface area contributed by atoms with Crippen molar-refractivity contribution in [1.82, 2.24) is 9.47 Å². The van der Waals surface area contributed by atoms with Crippen molar-refractivity contribution in [3.63, 3.8) is 0 Å². The Morgan fingerprint density at radius 2 is 1.69 bits per heavy atom. The lowest BCUT2D eigenvalue weighted by Crippen LogP contribution is -2.38. The van der Waals surface area contributed by atoms with Crippen LogP contribution in [-0.2, 0) is 29.0 Å². The number of carbonyl (C=O) groups is 2. The summed E-state index contributed by atoms with van der Waals surface area (Å²) in [5.74, 6) is 0.654. The van der Waals surface area contributed by atoms with Gasteiger partial charge in [0.25, 0.3) is 5.91 Å². The van der Waals surface area contributed by atoms with Crippen LogP contribution in [0.25, 0.3) is 0 Å². The second-order valence-electron chi connectivity index (χ2n) is 7.15. The Morgan fingerprint density at radius 1 is 1.03 bits per heavy atom. The van der Waals surface area contributed by atoms with Crippen molar-refractivity contribution >= 4 is 11.9 Å². The minimum Gasteiger partial charge on any atom is -0.493 e. The van der Waals surface area contributed by atoms with E-state index in [4.69, 9.17) is 14.2 Å². The molecule has 0 bridgehead atoms. The third kappa shape index (κ3) is 4.09. The predicted molar refractivity (Wildman–Crippen MR) is 109 cm³/mol. The predicted octanol–water partition coefficient (Wildman–Crippen LogP) is 2.88. The van der Waals surface area contributed by atoms with Crippen molar-refractivity contribution in [2.75, 3.05) is 27.4 Å². The summed E-state index contributed by atoms with van der Waals surface area (Å²) in [6.07, 6.45) is 0.715. The minimum absolute atomic E-state index is 0.205. The number of methoxy groups -OCH3 is 2. The summed E-state index contributed by atoms with van der Waals surface area (Å²) in [5.41, 5.74) is 4.52. The first-order valence-electron chi connectivity index (χ1n) is 9.75. The van der Waals surface area contributed by atoms with Crippen LogP contribution in [0.15, 0.2) is 18.2 Å². The lowest BCUT2D eigenvalue weighted by atomic mass is 9.99. The van der Waals surface area contributed by atoms with Gasteiger partial charge >= 0.3 is 5.97 Å². The molecular weight excluding hydrogens is 372 g/mol. The van der Waals surface area contributed by atoms with Crippen LogP contribution in [0.3, 0.4) is 0 Å². The fourth-order valence-corrected chi connectivity index (χ4v) is 3.89. The van der Waals surface area contributed by atoms with Crippen molar-refractivity contribution in [2.24, 2.45) is 0 Å². The zero-order valence-electron chi connectivity index (χ0n) is 17.7. The van der Waals surface area contributed by atoms with Crippen molar-refractivity contribution in [3.05, 3.63) is 46.3 Å². The van der Waals surface area contributed by atoms with Crippen LogP contribution in [0, 0.1) is 13.8 Å². The number of aromatic nitrogens is 1. The lowest BCUT2D eigenvalue weighted by molar-refractivity contribution is -0.135. The Hall–Kier alpha value is -2.96. The second-order valence-corrected chi connectivity index (χ2v) is 7.15. The summed E-state index contributed by atoms with van der Waals surface area (Å²) in [5, 5.41) is 0. The smallest absolute Gasteiger partial charge is 0.340 e. The molecule has 0 unspecified atom stereocenters. The maximum atomic E-state index is 12.6. The summed E-state index contributed by atoms with van der Waals surface area (Å²) in [7, 11) is 3.19. The summed E-state index contributed by atoms with van der Waals surface area (Å²) < 4.78 is 18.1. The Balaban J connectivity index is 1.64. The van der Waals surface area contributed by atoms with Gasteiger partial charge in [0.1, 0.15) is 0 Å². The number of esters is 1. The Bertz CT molecular complexity index is 932. The van der Waals surface area contributed by atoms with Crippen LogP contribution in [0.2, 0.25) is 0 Å². The van der Waals surface area contributed by atoms with Crippen molar-refractivity contribution in [2.45, 2.75) is 40.3 Å². The SMILES string of the molecule is CCn1c(C)cc(C(=O)OCC(=O)N2CCc3cc(OC)c(OC)cc3C2)c1C. The molecule has 0 saturated carbocycles. The maximum absolute atomic E-state index is 12.6. The number of hydrogen-bond acceptors (Lipinski definition) is 5. The second kappa shape index (κ2) is 8.59. The molecule has 0 saturated heterocycles. The van der Waals surface area contributed by atoms with E-state index in [1.165, 1.54) is 0 Å². The molecule has 1 aliphatic heterocycles. The quantitative estimate of drug-likeness (QED) is 0.698. The molecule has 29 heavy (non-hydrogen) atoms. The van der Waals surface area contributed by atoms with E-state index in [0.717, 1.165) is 29.1 Å². The Labute approximate surface area is 171 Å². The molecule has 0 spiro atoms. The van der Waals surface area contributed by atoms with Crippen LogP contribution < -0.4 is 9.47 Å². The molecule has 7 heteroatoms. The van der Waals surface area contributed by atoms with Crippen LogP contribution in [-0.4, -0.2) is 48.7 Å². The molecule has 1 amide bonds.